The fourth-order valence-electron chi connectivity index (χ4n) is 4.24. The first-order valence-electron chi connectivity index (χ1n) is 11.3. The second-order valence-corrected chi connectivity index (χ2v) is 8.45. The van der Waals surface area contributed by atoms with Crippen molar-refractivity contribution in [1.82, 2.24) is 5.32 Å². The Labute approximate surface area is 202 Å². The number of hydrogen-bond acceptors (Lipinski definition) is 5. The Morgan fingerprint density at radius 2 is 1.60 bits per heavy atom. The highest BCUT2D eigenvalue weighted by Crippen LogP contribution is 2.44. The number of rotatable bonds is 8. The van der Waals surface area contributed by atoms with E-state index in [1.807, 2.05) is 48.5 Å². The van der Waals surface area contributed by atoms with Crippen LogP contribution in [-0.4, -0.2) is 40.8 Å². The number of phenolic OH excluding ortho intramolecular Hbond substituents is 1. The van der Waals surface area contributed by atoms with Crippen molar-refractivity contribution in [3.05, 3.63) is 83.4 Å². The van der Waals surface area contributed by atoms with Crippen molar-refractivity contribution in [3.8, 4) is 16.9 Å². The Hall–Kier alpha value is -4.33. The molecular formula is C27H26N2O6. The van der Waals surface area contributed by atoms with Crippen molar-refractivity contribution in [2.45, 2.75) is 31.7 Å². The average molecular weight is 475 g/mol. The Morgan fingerprint density at radius 1 is 0.971 bits per heavy atom. The zero-order chi connectivity index (χ0) is 24.9. The first-order valence-corrected chi connectivity index (χ1v) is 11.3. The van der Waals surface area contributed by atoms with Gasteiger partial charge in [-0.05, 0) is 47.2 Å². The normalized spacial score (nSPS) is 12.8. The summed E-state index contributed by atoms with van der Waals surface area (Å²) in [5, 5.41) is 24.0. The van der Waals surface area contributed by atoms with Crippen LogP contribution in [-0.2, 0) is 14.3 Å². The molecule has 1 atom stereocenters. The first kappa shape index (κ1) is 23.8. The molecule has 3 aromatic carbocycles. The summed E-state index contributed by atoms with van der Waals surface area (Å²) in [4.78, 5) is 36.5. The SMILES string of the molecule is Cc1ccc(NC(=O)C(CCC(=O)O)NC(=O)OCC2c3ccccc3-c3ccccc32)cc1O. The summed E-state index contributed by atoms with van der Waals surface area (Å²) in [6.45, 7) is 1.79. The third kappa shape index (κ3) is 5.43. The third-order valence-electron chi connectivity index (χ3n) is 6.08. The average Bonchev–Trinajstić information content (AvgIpc) is 3.16. The number of carbonyl (C=O) groups is 3. The number of anilines is 1. The lowest BCUT2D eigenvalue weighted by molar-refractivity contribution is -0.137. The molecule has 35 heavy (non-hydrogen) atoms. The Kier molecular flexibility index (Phi) is 7.01. The van der Waals surface area contributed by atoms with Crippen LogP contribution in [0.25, 0.3) is 11.1 Å². The topological polar surface area (TPSA) is 125 Å². The van der Waals surface area contributed by atoms with Gasteiger partial charge in [0.2, 0.25) is 5.91 Å². The number of alkyl carbamates (subject to hydrolysis) is 1. The van der Waals surface area contributed by atoms with E-state index in [0.29, 0.717) is 11.3 Å². The van der Waals surface area contributed by atoms with Gasteiger partial charge in [0.05, 0.1) is 0 Å². The first-order chi connectivity index (χ1) is 16.8. The Morgan fingerprint density at radius 3 is 2.20 bits per heavy atom. The molecule has 4 rings (SSSR count). The van der Waals surface area contributed by atoms with E-state index in [-0.39, 0.29) is 31.1 Å². The number of carbonyl (C=O) groups excluding carboxylic acids is 2. The number of phenols is 1. The van der Waals surface area contributed by atoms with Crippen LogP contribution in [0.15, 0.2) is 66.7 Å². The van der Waals surface area contributed by atoms with Gasteiger partial charge in [-0.25, -0.2) is 4.79 Å². The number of carboxylic acid groups (broad SMARTS) is 1. The van der Waals surface area contributed by atoms with Gasteiger partial charge in [-0.2, -0.15) is 0 Å². The van der Waals surface area contributed by atoms with Crippen molar-refractivity contribution in [2.24, 2.45) is 0 Å². The smallest absolute Gasteiger partial charge is 0.407 e. The van der Waals surface area contributed by atoms with Crippen molar-refractivity contribution >= 4 is 23.7 Å². The van der Waals surface area contributed by atoms with E-state index in [4.69, 9.17) is 9.84 Å². The van der Waals surface area contributed by atoms with E-state index >= 15 is 0 Å². The number of hydrogen-bond donors (Lipinski definition) is 4. The van der Waals surface area contributed by atoms with E-state index in [1.165, 1.54) is 6.07 Å². The highest BCUT2D eigenvalue weighted by atomic mass is 16.5. The molecule has 4 N–H and O–H groups in total. The maximum absolute atomic E-state index is 12.8. The van der Waals surface area contributed by atoms with Crippen LogP contribution < -0.4 is 10.6 Å². The number of nitrogens with one attached hydrogen (secondary N) is 2. The number of aryl methyl sites for hydroxylation is 1. The molecule has 0 bridgehead atoms. The van der Waals surface area contributed by atoms with E-state index in [1.54, 1.807) is 19.1 Å². The maximum Gasteiger partial charge on any atom is 0.407 e. The minimum absolute atomic E-state index is 0.00869. The predicted octanol–water partition coefficient (Wildman–Crippen LogP) is 4.41. The fourth-order valence-corrected chi connectivity index (χ4v) is 4.24. The van der Waals surface area contributed by atoms with Crippen molar-refractivity contribution in [1.29, 1.82) is 0 Å². The molecule has 1 aliphatic rings. The van der Waals surface area contributed by atoms with Gasteiger partial charge in [0.15, 0.2) is 0 Å². The molecule has 0 aliphatic heterocycles. The summed E-state index contributed by atoms with van der Waals surface area (Å²) in [7, 11) is 0. The lowest BCUT2D eigenvalue weighted by atomic mass is 9.98. The maximum atomic E-state index is 12.8. The number of ether oxygens (including phenoxy) is 1. The van der Waals surface area contributed by atoms with Crippen LogP contribution in [0.2, 0.25) is 0 Å². The Balaban J connectivity index is 1.43. The van der Waals surface area contributed by atoms with E-state index in [9.17, 15) is 19.5 Å². The quantitative estimate of drug-likeness (QED) is 0.383. The molecule has 8 nitrogen and oxygen atoms in total. The number of carboxylic acids is 1. The van der Waals surface area contributed by atoms with Crippen molar-refractivity contribution in [3.63, 3.8) is 0 Å². The van der Waals surface area contributed by atoms with Gasteiger partial charge in [-0.1, -0.05) is 54.6 Å². The molecule has 3 aromatic rings. The summed E-state index contributed by atoms with van der Waals surface area (Å²) in [6, 6.07) is 19.4. The minimum atomic E-state index is -1.13. The largest absolute Gasteiger partial charge is 0.508 e. The molecule has 0 heterocycles. The van der Waals surface area contributed by atoms with Gasteiger partial charge in [-0.15, -0.1) is 0 Å². The second kappa shape index (κ2) is 10.3. The summed E-state index contributed by atoms with van der Waals surface area (Å²) >= 11 is 0. The molecule has 0 radical (unpaired) electrons. The predicted molar refractivity (Wildman–Crippen MR) is 130 cm³/mol. The molecule has 1 unspecified atom stereocenters. The summed E-state index contributed by atoms with van der Waals surface area (Å²) < 4.78 is 5.49. The molecule has 0 spiro atoms. The van der Waals surface area contributed by atoms with Crippen LogP contribution in [0.5, 0.6) is 5.75 Å². The molecule has 0 saturated carbocycles. The minimum Gasteiger partial charge on any atom is -0.508 e. The van der Waals surface area contributed by atoms with Crippen LogP contribution in [0.3, 0.4) is 0 Å². The zero-order valence-electron chi connectivity index (χ0n) is 19.2. The molecule has 0 aromatic heterocycles. The zero-order valence-corrected chi connectivity index (χ0v) is 19.2. The second-order valence-electron chi connectivity index (χ2n) is 8.45. The highest BCUT2D eigenvalue weighted by Gasteiger charge is 2.30. The molecule has 180 valence electrons. The molecule has 1 aliphatic carbocycles. The fraction of sp³-hybridized carbons (Fsp3) is 0.222. The molecule has 8 heteroatoms. The molecular weight excluding hydrogens is 448 g/mol. The van der Waals surface area contributed by atoms with Gasteiger partial charge < -0.3 is 25.6 Å². The van der Waals surface area contributed by atoms with Crippen LogP contribution in [0.4, 0.5) is 10.5 Å². The summed E-state index contributed by atoms with van der Waals surface area (Å²) in [5.41, 5.74) is 5.27. The molecule has 0 saturated heterocycles. The lowest BCUT2D eigenvalue weighted by Crippen LogP contribution is -2.44. The lowest BCUT2D eigenvalue weighted by Gasteiger charge is -2.19. The van der Waals surface area contributed by atoms with Crippen LogP contribution in [0.1, 0.15) is 35.4 Å². The van der Waals surface area contributed by atoms with Crippen molar-refractivity contribution in [2.75, 3.05) is 11.9 Å². The number of aliphatic carboxylic acids is 1. The molecule has 2 amide bonds. The van der Waals surface area contributed by atoms with Crippen LogP contribution >= 0.6 is 0 Å². The third-order valence-corrected chi connectivity index (χ3v) is 6.08. The van der Waals surface area contributed by atoms with E-state index in [2.05, 4.69) is 10.6 Å². The Bertz CT molecular complexity index is 1230. The van der Waals surface area contributed by atoms with E-state index < -0.39 is 24.0 Å². The van der Waals surface area contributed by atoms with Crippen LogP contribution in [0, 0.1) is 6.92 Å². The van der Waals surface area contributed by atoms with Gasteiger partial charge in [0.25, 0.3) is 0 Å². The standard InChI is InChI=1S/C27H26N2O6/c1-16-10-11-17(14-24(16)30)28-26(33)23(12-13-25(31)32)29-27(34)35-15-22-20-8-4-2-6-18(20)19-7-3-5-9-21(19)22/h2-11,14,22-23,30H,12-13,15H2,1H3,(H,28,33)(H,29,34)(H,31,32). The van der Waals surface area contributed by atoms with E-state index in [0.717, 1.165) is 22.3 Å². The summed E-state index contributed by atoms with van der Waals surface area (Å²) in [6.07, 6.45) is -1.26. The van der Waals surface area contributed by atoms with Gasteiger partial charge in [-0.3, -0.25) is 9.59 Å². The monoisotopic (exact) mass is 474 g/mol. The number of benzene rings is 3. The van der Waals surface area contributed by atoms with Gasteiger partial charge in [0.1, 0.15) is 18.4 Å². The number of fused-ring (bicyclic) bond motifs is 3. The molecule has 0 fully saturated rings. The number of amides is 2. The van der Waals surface area contributed by atoms with Gasteiger partial charge >= 0.3 is 12.1 Å². The number of aromatic hydroxyl groups is 1. The van der Waals surface area contributed by atoms with Crippen molar-refractivity contribution < 1.29 is 29.3 Å². The summed E-state index contributed by atoms with van der Waals surface area (Å²) in [5.74, 6) is -1.84. The van der Waals surface area contributed by atoms with Gasteiger partial charge in [0, 0.05) is 24.1 Å². The highest BCUT2D eigenvalue weighted by molar-refractivity contribution is 5.97.